The number of carbonyl (C=O) groups excluding carboxylic acids is 1. The van der Waals surface area contributed by atoms with Gasteiger partial charge in [-0.25, -0.2) is 5.84 Å². The fourth-order valence-electron chi connectivity index (χ4n) is 3.12. The summed E-state index contributed by atoms with van der Waals surface area (Å²) in [5.41, 5.74) is 2.17. The fourth-order valence-corrected chi connectivity index (χ4v) is 3.12. The molecule has 3 N–H and O–H groups in total. The number of nitrogens with one attached hydrogen (secondary N) is 1. The lowest BCUT2D eigenvalue weighted by Gasteiger charge is -2.40. The molecule has 6 nitrogen and oxygen atoms in total. The van der Waals surface area contributed by atoms with E-state index in [4.69, 9.17) is 10.6 Å². The summed E-state index contributed by atoms with van der Waals surface area (Å²) >= 11 is 0. The van der Waals surface area contributed by atoms with E-state index in [1.54, 1.807) is 0 Å². The standard InChI is InChI=1S/C13H26N4O2/c1-3-17-7-6-16(8-10(17)2)9-11-4-5-12(19-11)13(18)15-14/h10-12H,3-9,14H2,1-2H3,(H,15,18). The molecule has 2 saturated heterocycles. The van der Waals surface area contributed by atoms with Crippen molar-refractivity contribution in [1.29, 1.82) is 0 Å². The first kappa shape index (κ1) is 14.7. The van der Waals surface area contributed by atoms with Crippen LogP contribution in [0.1, 0.15) is 26.7 Å². The first-order chi connectivity index (χ1) is 9.13. The van der Waals surface area contributed by atoms with Gasteiger partial charge in [0.1, 0.15) is 6.10 Å². The molecular weight excluding hydrogens is 244 g/mol. The Morgan fingerprint density at radius 1 is 1.42 bits per heavy atom. The summed E-state index contributed by atoms with van der Waals surface area (Å²) in [7, 11) is 0. The van der Waals surface area contributed by atoms with Crippen LogP contribution in [0.4, 0.5) is 0 Å². The Bertz CT molecular complexity index is 313. The Kier molecular flexibility index (Phi) is 5.15. The fraction of sp³-hybridized carbons (Fsp3) is 0.923. The number of carbonyl (C=O) groups is 1. The van der Waals surface area contributed by atoms with E-state index in [9.17, 15) is 4.79 Å². The third kappa shape index (κ3) is 3.66. The zero-order valence-corrected chi connectivity index (χ0v) is 12.0. The van der Waals surface area contributed by atoms with Crippen LogP contribution in [0.5, 0.6) is 0 Å². The van der Waals surface area contributed by atoms with Crippen LogP contribution in [-0.2, 0) is 9.53 Å². The zero-order chi connectivity index (χ0) is 13.8. The van der Waals surface area contributed by atoms with Crippen molar-refractivity contribution in [2.24, 2.45) is 5.84 Å². The maximum atomic E-state index is 11.4. The van der Waals surface area contributed by atoms with Gasteiger partial charge in [-0.1, -0.05) is 6.92 Å². The second-order valence-corrected chi connectivity index (χ2v) is 5.57. The quantitative estimate of drug-likeness (QED) is 0.411. The summed E-state index contributed by atoms with van der Waals surface area (Å²) in [6, 6.07) is 0.600. The van der Waals surface area contributed by atoms with Crippen molar-refractivity contribution in [3.05, 3.63) is 0 Å². The molecule has 0 spiro atoms. The Morgan fingerprint density at radius 3 is 2.84 bits per heavy atom. The lowest BCUT2D eigenvalue weighted by Crippen LogP contribution is -2.53. The van der Waals surface area contributed by atoms with Gasteiger partial charge in [-0.05, 0) is 26.3 Å². The van der Waals surface area contributed by atoms with E-state index in [2.05, 4.69) is 29.1 Å². The van der Waals surface area contributed by atoms with Gasteiger partial charge >= 0.3 is 0 Å². The largest absolute Gasteiger partial charge is 0.364 e. The summed E-state index contributed by atoms with van der Waals surface area (Å²) < 4.78 is 5.76. The summed E-state index contributed by atoms with van der Waals surface area (Å²) in [4.78, 5) is 16.3. The van der Waals surface area contributed by atoms with Crippen LogP contribution in [0, 0.1) is 0 Å². The van der Waals surface area contributed by atoms with E-state index in [0.29, 0.717) is 6.04 Å². The lowest BCUT2D eigenvalue weighted by molar-refractivity contribution is -0.132. The van der Waals surface area contributed by atoms with E-state index in [1.807, 2.05) is 0 Å². The highest BCUT2D eigenvalue weighted by molar-refractivity contribution is 5.80. The van der Waals surface area contributed by atoms with Crippen molar-refractivity contribution in [2.45, 2.75) is 44.9 Å². The van der Waals surface area contributed by atoms with Gasteiger partial charge in [0.05, 0.1) is 6.10 Å². The molecule has 0 saturated carbocycles. The highest BCUT2D eigenvalue weighted by Gasteiger charge is 2.32. The number of rotatable bonds is 4. The maximum Gasteiger partial charge on any atom is 0.263 e. The molecule has 2 heterocycles. The molecule has 0 aromatic carbocycles. The minimum Gasteiger partial charge on any atom is -0.364 e. The summed E-state index contributed by atoms with van der Waals surface area (Å²) in [6.45, 7) is 9.83. The molecule has 2 aliphatic rings. The van der Waals surface area contributed by atoms with Gasteiger partial charge in [-0.15, -0.1) is 0 Å². The van der Waals surface area contributed by atoms with Crippen LogP contribution < -0.4 is 11.3 Å². The molecule has 1 amide bonds. The molecule has 2 fully saturated rings. The molecule has 3 atom stereocenters. The molecule has 2 aliphatic heterocycles. The number of piperazine rings is 1. The molecule has 6 heteroatoms. The van der Waals surface area contributed by atoms with Crippen LogP contribution >= 0.6 is 0 Å². The van der Waals surface area contributed by atoms with Gasteiger partial charge < -0.3 is 4.74 Å². The smallest absolute Gasteiger partial charge is 0.263 e. The second-order valence-electron chi connectivity index (χ2n) is 5.57. The first-order valence-corrected chi connectivity index (χ1v) is 7.26. The highest BCUT2D eigenvalue weighted by Crippen LogP contribution is 2.21. The minimum atomic E-state index is -0.357. The monoisotopic (exact) mass is 270 g/mol. The van der Waals surface area contributed by atoms with E-state index >= 15 is 0 Å². The Hall–Kier alpha value is -0.690. The topological polar surface area (TPSA) is 70.8 Å². The minimum absolute atomic E-state index is 0.169. The van der Waals surface area contributed by atoms with Gasteiger partial charge in [-0.3, -0.25) is 20.0 Å². The number of hydrogen-bond donors (Lipinski definition) is 2. The summed E-state index contributed by atoms with van der Waals surface area (Å²) in [5.74, 6) is 4.93. The molecule has 2 rings (SSSR count). The van der Waals surface area contributed by atoms with Gasteiger partial charge in [0.15, 0.2) is 0 Å². The molecule has 19 heavy (non-hydrogen) atoms. The molecule has 0 bridgehead atoms. The molecular formula is C13H26N4O2. The highest BCUT2D eigenvalue weighted by atomic mass is 16.5. The number of ether oxygens (including phenoxy) is 1. The average molecular weight is 270 g/mol. The SMILES string of the molecule is CCN1CCN(CC2CCC(C(=O)NN)O2)CC1C. The Labute approximate surface area is 115 Å². The average Bonchev–Trinajstić information content (AvgIpc) is 2.86. The molecule has 0 aliphatic carbocycles. The van der Waals surface area contributed by atoms with E-state index in [0.717, 1.165) is 45.6 Å². The molecule has 110 valence electrons. The second kappa shape index (κ2) is 6.65. The summed E-state index contributed by atoms with van der Waals surface area (Å²) in [6.07, 6.45) is 1.53. The Morgan fingerprint density at radius 2 is 2.21 bits per heavy atom. The third-order valence-electron chi connectivity index (χ3n) is 4.26. The number of hydrogen-bond acceptors (Lipinski definition) is 5. The van der Waals surface area contributed by atoms with Crippen molar-refractivity contribution in [3.8, 4) is 0 Å². The van der Waals surface area contributed by atoms with Crippen LogP contribution in [0.3, 0.4) is 0 Å². The van der Waals surface area contributed by atoms with Crippen molar-refractivity contribution in [1.82, 2.24) is 15.2 Å². The number of amides is 1. The van der Waals surface area contributed by atoms with Gasteiger partial charge in [0.2, 0.25) is 0 Å². The maximum absolute atomic E-state index is 11.4. The summed E-state index contributed by atoms with van der Waals surface area (Å²) in [5, 5.41) is 0. The number of hydrazine groups is 1. The predicted octanol–water partition coefficient (Wildman–Crippen LogP) is -0.450. The molecule has 3 unspecified atom stereocenters. The molecule has 0 aromatic rings. The first-order valence-electron chi connectivity index (χ1n) is 7.26. The number of likely N-dealkylation sites (N-methyl/N-ethyl adjacent to an activating group) is 1. The zero-order valence-electron chi connectivity index (χ0n) is 12.0. The van der Waals surface area contributed by atoms with E-state index < -0.39 is 0 Å². The van der Waals surface area contributed by atoms with Crippen molar-refractivity contribution < 1.29 is 9.53 Å². The normalized spacial score (nSPS) is 33.5. The van der Waals surface area contributed by atoms with Crippen molar-refractivity contribution >= 4 is 5.91 Å². The number of nitrogens with zero attached hydrogens (tertiary/aromatic N) is 2. The molecule has 0 aromatic heterocycles. The Balaban J connectivity index is 1.76. The predicted molar refractivity (Wildman–Crippen MR) is 73.4 cm³/mol. The van der Waals surface area contributed by atoms with Gasteiger partial charge in [0.25, 0.3) is 5.91 Å². The number of nitrogens with two attached hydrogens (primary N) is 1. The van der Waals surface area contributed by atoms with E-state index in [-0.39, 0.29) is 18.1 Å². The van der Waals surface area contributed by atoms with Crippen molar-refractivity contribution in [3.63, 3.8) is 0 Å². The van der Waals surface area contributed by atoms with E-state index in [1.165, 1.54) is 0 Å². The van der Waals surface area contributed by atoms with Gasteiger partial charge in [0, 0.05) is 32.2 Å². The lowest BCUT2D eigenvalue weighted by atomic mass is 10.1. The van der Waals surface area contributed by atoms with Crippen LogP contribution in [0.25, 0.3) is 0 Å². The third-order valence-corrected chi connectivity index (χ3v) is 4.26. The van der Waals surface area contributed by atoms with Crippen LogP contribution in [-0.4, -0.2) is 66.7 Å². The van der Waals surface area contributed by atoms with Gasteiger partial charge in [-0.2, -0.15) is 0 Å². The van der Waals surface area contributed by atoms with Crippen LogP contribution in [0.2, 0.25) is 0 Å². The van der Waals surface area contributed by atoms with Crippen LogP contribution in [0.15, 0.2) is 0 Å². The molecule has 0 radical (unpaired) electrons. The van der Waals surface area contributed by atoms with Crippen molar-refractivity contribution in [2.75, 3.05) is 32.7 Å².